The van der Waals surface area contributed by atoms with Crippen molar-refractivity contribution < 1.29 is 17.9 Å². The summed E-state index contributed by atoms with van der Waals surface area (Å²) < 4.78 is 29.9. The van der Waals surface area contributed by atoms with Crippen molar-refractivity contribution in [2.24, 2.45) is 0 Å². The number of rotatable bonds is 3. The molecule has 2 bridgehead atoms. The number of sulfone groups is 1. The molecule has 1 N–H and O–H groups in total. The number of ether oxygens (including phenoxy) is 1. The fraction of sp³-hybridized carbons (Fsp3) is 0.588. The van der Waals surface area contributed by atoms with Crippen LogP contribution in [0, 0.1) is 0 Å². The Morgan fingerprint density at radius 1 is 1.29 bits per heavy atom. The average molecular weight is 352 g/mol. The molecular weight excluding hydrogens is 328 g/mol. The van der Waals surface area contributed by atoms with E-state index in [0.29, 0.717) is 25.1 Å². The van der Waals surface area contributed by atoms with Gasteiger partial charge in [0.25, 0.3) is 0 Å². The molecule has 0 spiro atoms. The average Bonchev–Trinajstić information content (AvgIpc) is 2.74. The smallest absolute Gasteiger partial charge is 0.321 e. The molecule has 3 rings (SSSR count). The van der Waals surface area contributed by atoms with Gasteiger partial charge in [0, 0.05) is 24.8 Å². The molecule has 2 amide bonds. The van der Waals surface area contributed by atoms with Crippen molar-refractivity contribution in [3.8, 4) is 5.75 Å². The minimum Gasteiger partial charge on any atom is -0.496 e. The number of carbonyl (C=O) groups excluding carboxylic acids is 1. The Balaban J connectivity index is 1.71. The molecule has 24 heavy (non-hydrogen) atoms. The van der Waals surface area contributed by atoms with E-state index in [-0.39, 0.29) is 17.8 Å². The molecule has 2 heterocycles. The van der Waals surface area contributed by atoms with Gasteiger partial charge in [0.05, 0.1) is 17.6 Å². The number of nitrogens with one attached hydrogen (secondary N) is 1. The molecule has 6 nitrogen and oxygen atoms in total. The molecule has 0 aromatic heterocycles. The normalized spacial score (nSPS) is 25.2. The fourth-order valence-corrected chi connectivity index (χ4v) is 5.91. The summed E-state index contributed by atoms with van der Waals surface area (Å²) in [6, 6.07) is 5.34. The maximum atomic E-state index is 12.5. The molecule has 2 saturated heterocycles. The minimum atomic E-state index is -3.07. The van der Waals surface area contributed by atoms with Crippen LogP contribution in [0.5, 0.6) is 5.75 Å². The van der Waals surface area contributed by atoms with E-state index in [1.165, 1.54) is 0 Å². The van der Waals surface area contributed by atoms with Crippen LogP contribution >= 0.6 is 0 Å². The third kappa shape index (κ3) is 3.09. The van der Waals surface area contributed by atoms with Crippen molar-refractivity contribution in [2.75, 3.05) is 25.5 Å². The van der Waals surface area contributed by atoms with E-state index in [0.717, 1.165) is 24.2 Å². The van der Waals surface area contributed by atoms with Gasteiger partial charge < -0.3 is 15.0 Å². The zero-order valence-electron chi connectivity index (χ0n) is 14.1. The molecular formula is C17H24N2O4S. The molecule has 0 aliphatic carbocycles. The number of carbonyl (C=O) groups is 1. The monoisotopic (exact) mass is 352 g/mol. The maximum Gasteiger partial charge on any atom is 0.321 e. The molecule has 0 radical (unpaired) electrons. The zero-order chi connectivity index (χ0) is 17.3. The molecule has 2 aliphatic rings. The van der Waals surface area contributed by atoms with E-state index < -0.39 is 15.1 Å². The van der Waals surface area contributed by atoms with Gasteiger partial charge in [-0.2, -0.15) is 0 Å². The number of likely N-dealkylation sites (tertiary alicyclic amines) is 1. The Bertz CT molecular complexity index is 732. The summed E-state index contributed by atoms with van der Waals surface area (Å²) in [6.07, 6.45) is 2.78. The predicted octanol–water partition coefficient (Wildman–Crippen LogP) is 2.44. The number of methoxy groups -OCH3 is 1. The van der Waals surface area contributed by atoms with Gasteiger partial charge in [-0.3, -0.25) is 0 Å². The first-order valence-corrected chi connectivity index (χ1v) is 10.0. The third-order valence-corrected chi connectivity index (χ3v) is 7.81. The molecule has 2 unspecified atom stereocenters. The Hall–Kier alpha value is -1.76. The van der Waals surface area contributed by atoms with Crippen molar-refractivity contribution in [2.45, 2.75) is 43.1 Å². The Morgan fingerprint density at radius 3 is 2.75 bits per heavy atom. The van der Waals surface area contributed by atoms with Gasteiger partial charge in [-0.25, -0.2) is 13.2 Å². The maximum absolute atomic E-state index is 12.5. The highest BCUT2D eigenvalue weighted by Crippen LogP contribution is 2.33. The summed E-state index contributed by atoms with van der Waals surface area (Å²) in [4.78, 5) is 14.2. The van der Waals surface area contributed by atoms with Crippen molar-refractivity contribution in [3.05, 3.63) is 23.8 Å². The first kappa shape index (κ1) is 17.1. The van der Waals surface area contributed by atoms with Gasteiger partial charge in [-0.15, -0.1) is 0 Å². The highest BCUT2D eigenvalue weighted by molar-refractivity contribution is 7.93. The second-order valence-corrected chi connectivity index (χ2v) is 8.97. The summed E-state index contributed by atoms with van der Waals surface area (Å²) in [6.45, 7) is 2.81. The van der Waals surface area contributed by atoms with Crippen LogP contribution in [0.15, 0.2) is 18.2 Å². The lowest BCUT2D eigenvalue weighted by Crippen LogP contribution is -2.40. The van der Waals surface area contributed by atoms with Crippen molar-refractivity contribution in [1.29, 1.82) is 0 Å². The van der Waals surface area contributed by atoms with Gasteiger partial charge in [0.1, 0.15) is 5.75 Å². The minimum absolute atomic E-state index is 0.246. The summed E-state index contributed by atoms with van der Waals surface area (Å²) in [5.41, 5.74) is 1.74. The molecule has 2 atom stereocenters. The number of anilines is 1. The van der Waals surface area contributed by atoms with Crippen LogP contribution in [-0.4, -0.2) is 50.0 Å². The summed E-state index contributed by atoms with van der Waals surface area (Å²) in [5, 5.41) is 2.18. The molecule has 0 saturated carbocycles. The van der Waals surface area contributed by atoms with Crippen LogP contribution in [0.2, 0.25) is 0 Å². The van der Waals surface area contributed by atoms with Crippen LogP contribution in [-0.2, 0) is 16.3 Å². The summed E-state index contributed by atoms with van der Waals surface area (Å²) in [5.74, 6) is 0.743. The van der Waals surface area contributed by atoms with Gasteiger partial charge in [-0.05, 0) is 37.3 Å². The SMILES string of the molecule is CCc1ccc(NC(=O)N2CCC3CCC(C2)S3(=O)=O)cc1OC. The number of hydrogen-bond donors (Lipinski definition) is 1. The molecule has 1 aromatic carbocycles. The first-order chi connectivity index (χ1) is 11.5. The van der Waals surface area contributed by atoms with Gasteiger partial charge in [0.2, 0.25) is 0 Å². The van der Waals surface area contributed by atoms with E-state index in [4.69, 9.17) is 4.74 Å². The van der Waals surface area contributed by atoms with Gasteiger partial charge >= 0.3 is 6.03 Å². The molecule has 7 heteroatoms. The van der Waals surface area contributed by atoms with E-state index in [1.54, 1.807) is 18.1 Å². The van der Waals surface area contributed by atoms with Crippen molar-refractivity contribution >= 4 is 21.6 Å². The van der Waals surface area contributed by atoms with Gasteiger partial charge in [-0.1, -0.05) is 13.0 Å². The lowest BCUT2D eigenvalue weighted by Gasteiger charge is -2.24. The number of aryl methyl sites for hydroxylation is 1. The zero-order valence-corrected chi connectivity index (χ0v) is 14.9. The van der Waals surface area contributed by atoms with E-state index in [1.807, 2.05) is 19.1 Å². The van der Waals surface area contributed by atoms with Crippen LogP contribution in [0.4, 0.5) is 10.5 Å². The summed E-state index contributed by atoms with van der Waals surface area (Å²) >= 11 is 0. The quantitative estimate of drug-likeness (QED) is 0.906. The molecule has 2 aliphatic heterocycles. The number of benzene rings is 1. The van der Waals surface area contributed by atoms with Crippen LogP contribution in [0.3, 0.4) is 0 Å². The third-order valence-electron chi connectivity index (χ3n) is 5.09. The van der Waals surface area contributed by atoms with Crippen molar-refractivity contribution in [1.82, 2.24) is 4.90 Å². The summed E-state index contributed by atoms with van der Waals surface area (Å²) in [7, 11) is -1.46. The van der Waals surface area contributed by atoms with Crippen LogP contribution in [0.1, 0.15) is 31.7 Å². The number of urea groups is 1. The first-order valence-electron chi connectivity index (χ1n) is 8.41. The standard InChI is InChI=1S/C17H24N2O4S/c1-3-12-4-5-13(10-16(12)23-2)18-17(20)19-9-8-14-6-7-15(11-19)24(14,21)22/h4-5,10,14-15H,3,6-9,11H2,1-2H3,(H,18,20). The van der Waals surface area contributed by atoms with Crippen molar-refractivity contribution in [3.63, 3.8) is 0 Å². The molecule has 2 fully saturated rings. The van der Waals surface area contributed by atoms with Gasteiger partial charge in [0.15, 0.2) is 9.84 Å². The second kappa shape index (κ2) is 6.63. The predicted molar refractivity (Wildman–Crippen MR) is 93.3 cm³/mol. The fourth-order valence-electron chi connectivity index (χ4n) is 3.61. The van der Waals surface area contributed by atoms with E-state index in [2.05, 4.69) is 5.32 Å². The number of nitrogens with zero attached hydrogens (tertiary/aromatic N) is 1. The molecule has 132 valence electrons. The lowest BCUT2D eigenvalue weighted by molar-refractivity contribution is 0.209. The number of hydrogen-bond acceptors (Lipinski definition) is 4. The highest BCUT2D eigenvalue weighted by Gasteiger charge is 2.44. The second-order valence-electron chi connectivity index (χ2n) is 6.46. The number of amides is 2. The highest BCUT2D eigenvalue weighted by atomic mass is 32.2. The van der Waals surface area contributed by atoms with Crippen LogP contribution in [0.25, 0.3) is 0 Å². The van der Waals surface area contributed by atoms with E-state index in [9.17, 15) is 13.2 Å². The molecule has 1 aromatic rings. The largest absolute Gasteiger partial charge is 0.496 e. The topological polar surface area (TPSA) is 75.7 Å². The lowest BCUT2D eigenvalue weighted by atomic mass is 10.1. The Kier molecular flexibility index (Phi) is 4.71. The van der Waals surface area contributed by atoms with E-state index >= 15 is 0 Å². The van der Waals surface area contributed by atoms with Crippen LogP contribution < -0.4 is 10.1 Å². The number of fused-ring (bicyclic) bond motifs is 2. The Labute approximate surface area is 143 Å². The Morgan fingerprint density at radius 2 is 2.04 bits per heavy atom.